The molecule has 1 atom stereocenters. The Labute approximate surface area is 164 Å². The zero-order chi connectivity index (χ0) is 21.4. The lowest BCUT2D eigenvalue weighted by atomic mass is 10.1. The Morgan fingerprint density at radius 2 is 1.62 bits per heavy atom. The molecule has 0 aliphatic heterocycles. The van der Waals surface area contributed by atoms with E-state index in [1.165, 1.54) is 55.5 Å². The number of esters is 1. The summed E-state index contributed by atoms with van der Waals surface area (Å²) in [7, 11) is 0. The van der Waals surface area contributed by atoms with E-state index in [2.05, 4.69) is 10.1 Å². The first-order chi connectivity index (χ1) is 13.8. The highest BCUT2D eigenvalue weighted by molar-refractivity contribution is 6.01. The largest absolute Gasteiger partial charge is 0.451 e. The van der Waals surface area contributed by atoms with Crippen molar-refractivity contribution in [1.29, 1.82) is 5.26 Å². The van der Waals surface area contributed by atoms with Crippen LogP contribution in [0.15, 0.2) is 48.5 Å². The van der Waals surface area contributed by atoms with Crippen molar-refractivity contribution >= 4 is 23.3 Å². The number of nitrogens with zero attached hydrogens (tertiary/aromatic N) is 1. The molecule has 0 saturated heterocycles. The summed E-state index contributed by atoms with van der Waals surface area (Å²) in [5.41, 5.74) is 0.725. The summed E-state index contributed by atoms with van der Waals surface area (Å²) in [6.07, 6.45) is -1.40. The Balaban J connectivity index is 1.96. The van der Waals surface area contributed by atoms with Crippen LogP contribution in [0.3, 0.4) is 0 Å². The van der Waals surface area contributed by atoms with E-state index in [4.69, 9.17) is 10.00 Å². The Kier molecular flexibility index (Phi) is 7.37. The maximum absolute atomic E-state index is 12.3. The number of nitriles is 1. The van der Waals surface area contributed by atoms with Gasteiger partial charge >= 0.3 is 12.6 Å². The van der Waals surface area contributed by atoms with Crippen LogP contribution in [0.5, 0.6) is 5.75 Å². The summed E-state index contributed by atoms with van der Waals surface area (Å²) in [5, 5.41) is 10.9. The van der Waals surface area contributed by atoms with Crippen LogP contribution in [0.1, 0.15) is 34.1 Å². The maximum atomic E-state index is 12.3. The Morgan fingerprint density at radius 1 is 1.03 bits per heavy atom. The number of ether oxygens (including phenoxy) is 2. The number of rotatable bonds is 8. The van der Waals surface area contributed by atoms with Gasteiger partial charge in [0.2, 0.25) is 11.7 Å². The van der Waals surface area contributed by atoms with E-state index in [0.717, 1.165) is 0 Å². The van der Waals surface area contributed by atoms with Gasteiger partial charge < -0.3 is 14.8 Å². The summed E-state index contributed by atoms with van der Waals surface area (Å²) in [6, 6.07) is 12.5. The lowest BCUT2D eigenvalue weighted by Crippen LogP contribution is -2.24. The molecule has 0 radical (unpaired) electrons. The van der Waals surface area contributed by atoms with Gasteiger partial charge in [-0.1, -0.05) is 0 Å². The highest BCUT2D eigenvalue weighted by Gasteiger charge is 2.20. The summed E-state index contributed by atoms with van der Waals surface area (Å²) in [6.45, 7) is -1.58. The Bertz CT molecular complexity index is 921. The van der Waals surface area contributed by atoms with Crippen molar-refractivity contribution in [3.05, 3.63) is 59.7 Å². The molecule has 7 nitrogen and oxygen atoms in total. The normalized spacial score (nSPS) is 11.3. The van der Waals surface area contributed by atoms with Crippen molar-refractivity contribution in [2.75, 3.05) is 5.32 Å². The number of hydrogen-bond acceptors (Lipinski definition) is 6. The maximum Gasteiger partial charge on any atom is 0.387 e. The van der Waals surface area contributed by atoms with Crippen molar-refractivity contribution in [3.63, 3.8) is 0 Å². The predicted molar refractivity (Wildman–Crippen MR) is 97.6 cm³/mol. The number of anilines is 1. The van der Waals surface area contributed by atoms with E-state index < -0.39 is 30.4 Å². The molecule has 1 amide bonds. The van der Waals surface area contributed by atoms with E-state index in [9.17, 15) is 23.2 Å². The smallest absolute Gasteiger partial charge is 0.387 e. The van der Waals surface area contributed by atoms with Crippen LogP contribution in [-0.4, -0.2) is 30.4 Å². The van der Waals surface area contributed by atoms with Gasteiger partial charge in [0.15, 0.2) is 6.10 Å². The first-order valence-corrected chi connectivity index (χ1v) is 8.37. The van der Waals surface area contributed by atoms with Gasteiger partial charge in [-0.25, -0.2) is 4.79 Å². The molecule has 0 heterocycles. The van der Waals surface area contributed by atoms with Gasteiger partial charge in [-0.15, -0.1) is 0 Å². The highest BCUT2D eigenvalue weighted by Crippen LogP contribution is 2.17. The molecular weight excluding hydrogens is 386 g/mol. The van der Waals surface area contributed by atoms with Crippen molar-refractivity contribution in [2.45, 2.75) is 26.1 Å². The second-order valence-corrected chi connectivity index (χ2v) is 5.78. The molecule has 0 spiro atoms. The molecule has 0 aliphatic rings. The molecule has 1 N–H and O–H groups in total. The number of halogens is 2. The molecule has 0 unspecified atom stereocenters. The van der Waals surface area contributed by atoms with Gasteiger partial charge in [-0.3, -0.25) is 9.59 Å². The van der Waals surface area contributed by atoms with Crippen molar-refractivity contribution < 1.29 is 32.6 Å². The van der Waals surface area contributed by atoms with E-state index >= 15 is 0 Å². The number of hydrogen-bond donors (Lipinski definition) is 1. The number of carbonyl (C=O) groups is 3. The lowest BCUT2D eigenvalue weighted by molar-refractivity contribution is -0.115. The van der Waals surface area contributed by atoms with Crippen LogP contribution in [0.25, 0.3) is 0 Å². The fraction of sp³-hybridized carbons (Fsp3) is 0.200. The third-order valence-electron chi connectivity index (χ3n) is 3.66. The van der Waals surface area contributed by atoms with Gasteiger partial charge in [-0.2, -0.15) is 14.0 Å². The van der Waals surface area contributed by atoms with Gasteiger partial charge in [0.25, 0.3) is 0 Å². The molecule has 150 valence electrons. The summed E-state index contributed by atoms with van der Waals surface area (Å²) in [5.74, 6) is -1.84. The summed E-state index contributed by atoms with van der Waals surface area (Å²) in [4.78, 5) is 35.9. The topological polar surface area (TPSA) is 105 Å². The molecular formula is C20H16F2N2O5. The average Bonchev–Trinajstić information content (AvgIpc) is 2.68. The number of alkyl halides is 2. The van der Waals surface area contributed by atoms with Gasteiger partial charge in [0, 0.05) is 11.3 Å². The van der Waals surface area contributed by atoms with Crippen LogP contribution in [-0.2, 0) is 9.53 Å². The van der Waals surface area contributed by atoms with Crippen molar-refractivity contribution in [2.24, 2.45) is 0 Å². The first-order valence-electron chi connectivity index (χ1n) is 8.37. The minimum Gasteiger partial charge on any atom is -0.451 e. The molecule has 29 heavy (non-hydrogen) atoms. The van der Waals surface area contributed by atoms with Gasteiger partial charge in [-0.05, 0) is 55.5 Å². The third-order valence-corrected chi connectivity index (χ3v) is 3.66. The summed E-state index contributed by atoms with van der Waals surface area (Å²) < 4.78 is 33.7. The lowest BCUT2D eigenvalue weighted by Gasteiger charge is -2.13. The van der Waals surface area contributed by atoms with Crippen LogP contribution < -0.4 is 10.1 Å². The van der Waals surface area contributed by atoms with Crippen LogP contribution in [0.4, 0.5) is 14.5 Å². The molecule has 2 aromatic rings. The van der Waals surface area contributed by atoms with E-state index in [1.54, 1.807) is 6.07 Å². The fourth-order valence-corrected chi connectivity index (χ4v) is 2.28. The highest BCUT2D eigenvalue weighted by atomic mass is 19.3. The molecule has 9 heteroatoms. The number of nitrogens with one attached hydrogen (secondary N) is 1. The predicted octanol–water partition coefficient (Wildman–Crippen LogP) is 3.57. The standard InChI is InChI=1S/C20H16F2N2O5/c1-12(18(26)13-4-8-16(9-5-13)29-20(21)22)28-19(27)14-2-6-15(7-3-14)24-17(25)10-11-23/h2-9,12,20H,10H2,1H3,(H,24,25)/t12-/m0/s1. The zero-order valence-electron chi connectivity index (χ0n) is 15.2. The molecule has 0 aromatic heterocycles. The summed E-state index contributed by atoms with van der Waals surface area (Å²) >= 11 is 0. The second-order valence-electron chi connectivity index (χ2n) is 5.78. The van der Waals surface area contributed by atoms with Crippen molar-refractivity contribution in [1.82, 2.24) is 0 Å². The number of ketones is 1. The van der Waals surface area contributed by atoms with Crippen molar-refractivity contribution in [3.8, 4) is 11.8 Å². The first kappa shape index (κ1) is 21.5. The third kappa shape index (κ3) is 6.39. The van der Waals surface area contributed by atoms with E-state index in [0.29, 0.717) is 5.69 Å². The van der Waals surface area contributed by atoms with E-state index in [1.807, 2.05) is 0 Å². The van der Waals surface area contributed by atoms with Crippen LogP contribution >= 0.6 is 0 Å². The van der Waals surface area contributed by atoms with Gasteiger partial charge in [0.1, 0.15) is 12.2 Å². The molecule has 2 aromatic carbocycles. The SMILES string of the molecule is C[C@H](OC(=O)c1ccc(NC(=O)CC#N)cc1)C(=O)c1ccc(OC(F)F)cc1. The number of Topliss-reactive ketones (excluding diaryl/α,β-unsaturated/α-hetero) is 1. The molecule has 0 bridgehead atoms. The quantitative estimate of drug-likeness (QED) is 0.535. The number of benzene rings is 2. The van der Waals surface area contributed by atoms with Crippen LogP contribution in [0, 0.1) is 11.3 Å². The zero-order valence-corrected chi connectivity index (χ0v) is 15.2. The Hall–Kier alpha value is -3.80. The average molecular weight is 402 g/mol. The molecule has 0 saturated carbocycles. The fourth-order valence-electron chi connectivity index (χ4n) is 2.28. The molecule has 2 rings (SSSR count). The van der Waals surface area contributed by atoms with Gasteiger partial charge in [0.05, 0.1) is 11.6 Å². The molecule has 0 aliphatic carbocycles. The van der Waals surface area contributed by atoms with Crippen LogP contribution in [0.2, 0.25) is 0 Å². The number of amides is 1. The number of carbonyl (C=O) groups excluding carboxylic acids is 3. The molecule has 0 fully saturated rings. The van der Waals surface area contributed by atoms with E-state index in [-0.39, 0.29) is 23.3 Å². The monoisotopic (exact) mass is 402 g/mol. The minimum absolute atomic E-state index is 0.0943. The Morgan fingerprint density at radius 3 is 2.17 bits per heavy atom. The minimum atomic E-state index is -2.97. The second kappa shape index (κ2) is 9.94.